The summed E-state index contributed by atoms with van der Waals surface area (Å²) in [6.45, 7) is 13.2. The van der Waals surface area contributed by atoms with E-state index in [9.17, 15) is 4.79 Å². The van der Waals surface area contributed by atoms with Crippen LogP contribution in [0.25, 0.3) is 0 Å². The topological polar surface area (TPSA) is 52.9 Å². The van der Waals surface area contributed by atoms with Gasteiger partial charge in [-0.2, -0.15) is 0 Å². The smallest absolute Gasteiger partial charge is 0.290 e. The maximum Gasteiger partial charge on any atom is 0.290 e. The third-order valence-electron chi connectivity index (χ3n) is 3.23. The molecule has 4 heteroatoms. The van der Waals surface area contributed by atoms with Gasteiger partial charge < -0.3 is 5.73 Å². The van der Waals surface area contributed by atoms with Crippen LogP contribution in [0, 0.1) is 0 Å². The first-order valence-corrected chi connectivity index (χ1v) is 6.36. The minimum absolute atomic E-state index is 0.0499. The van der Waals surface area contributed by atoms with Crippen molar-refractivity contribution in [2.45, 2.75) is 66.0 Å². The number of anilines is 1. The Morgan fingerprint density at radius 3 is 2.18 bits per heavy atom. The van der Waals surface area contributed by atoms with Crippen molar-refractivity contribution in [3.63, 3.8) is 0 Å². The average molecular weight is 239 g/mol. The lowest BCUT2D eigenvalue weighted by atomic mass is 9.91. The van der Waals surface area contributed by atoms with Crippen LogP contribution in [-0.4, -0.2) is 9.36 Å². The maximum atomic E-state index is 12.2. The van der Waals surface area contributed by atoms with E-state index in [0.717, 1.165) is 18.7 Å². The van der Waals surface area contributed by atoms with Crippen molar-refractivity contribution in [1.29, 1.82) is 0 Å². The molecular formula is C13H25N3O. The van der Waals surface area contributed by atoms with Crippen molar-refractivity contribution in [2.24, 2.45) is 0 Å². The summed E-state index contributed by atoms with van der Waals surface area (Å²) < 4.78 is 3.84. The van der Waals surface area contributed by atoms with Crippen LogP contribution in [0.5, 0.6) is 0 Å². The highest BCUT2D eigenvalue weighted by atomic mass is 16.1. The van der Waals surface area contributed by atoms with E-state index in [2.05, 4.69) is 34.6 Å². The van der Waals surface area contributed by atoms with Crippen LogP contribution in [0.4, 0.5) is 5.69 Å². The van der Waals surface area contributed by atoms with Gasteiger partial charge in [-0.25, -0.2) is 4.68 Å². The van der Waals surface area contributed by atoms with E-state index < -0.39 is 0 Å². The zero-order valence-corrected chi connectivity index (χ0v) is 11.9. The van der Waals surface area contributed by atoms with E-state index in [-0.39, 0.29) is 17.0 Å². The molecule has 98 valence electrons. The summed E-state index contributed by atoms with van der Waals surface area (Å²) in [5.74, 6) is 0. The third-order valence-corrected chi connectivity index (χ3v) is 3.23. The first-order valence-electron chi connectivity index (χ1n) is 6.36. The quantitative estimate of drug-likeness (QED) is 0.881. The van der Waals surface area contributed by atoms with Gasteiger partial charge in [0, 0.05) is 12.0 Å². The van der Waals surface area contributed by atoms with E-state index in [0.29, 0.717) is 5.69 Å². The molecule has 1 aromatic heterocycles. The second-order valence-corrected chi connectivity index (χ2v) is 5.64. The Hall–Kier alpha value is -1.19. The predicted octanol–water partition coefficient (Wildman–Crippen LogP) is 2.52. The van der Waals surface area contributed by atoms with Gasteiger partial charge in [0.15, 0.2) is 0 Å². The van der Waals surface area contributed by atoms with E-state index in [1.807, 2.05) is 11.6 Å². The molecular weight excluding hydrogens is 214 g/mol. The number of rotatable bonds is 3. The van der Waals surface area contributed by atoms with Crippen LogP contribution < -0.4 is 11.3 Å². The minimum Gasteiger partial charge on any atom is -0.393 e. The van der Waals surface area contributed by atoms with E-state index in [1.165, 1.54) is 0 Å². The lowest BCUT2D eigenvalue weighted by Crippen LogP contribution is -2.28. The van der Waals surface area contributed by atoms with Crippen molar-refractivity contribution in [2.75, 3.05) is 5.73 Å². The van der Waals surface area contributed by atoms with Gasteiger partial charge in [0.2, 0.25) is 0 Å². The Labute approximate surface area is 103 Å². The zero-order chi connectivity index (χ0) is 13.4. The summed E-state index contributed by atoms with van der Waals surface area (Å²) in [4.78, 5) is 12.2. The van der Waals surface area contributed by atoms with Gasteiger partial charge in [0.05, 0.1) is 11.7 Å². The molecule has 0 amide bonds. The molecule has 0 aliphatic heterocycles. The van der Waals surface area contributed by atoms with Gasteiger partial charge in [-0.15, -0.1) is 0 Å². The summed E-state index contributed by atoms with van der Waals surface area (Å²) >= 11 is 0. The molecule has 17 heavy (non-hydrogen) atoms. The summed E-state index contributed by atoms with van der Waals surface area (Å²) in [6.07, 6.45) is 0.924. The summed E-state index contributed by atoms with van der Waals surface area (Å²) in [7, 11) is 0. The summed E-state index contributed by atoms with van der Waals surface area (Å²) in [5.41, 5.74) is 7.19. The van der Waals surface area contributed by atoms with Gasteiger partial charge in [0.25, 0.3) is 5.56 Å². The normalized spacial score (nSPS) is 14.0. The molecule has 0 radical (unpaired) electrons. The van der Waals surface area contributed by atoms with Crippen LogP contribution >= 0.6 is 0 Å². The molecule has 0 bridgehead atoms. The Kier molecular flexibility index (Phi) is 3.74. The SMILES string of the molecule is CCC(C)n1c(=O)c(N)c(C(C)(C)C)n1CC. The second-order valence-electron chi connectivity index (χ2n) is 5.64. The fourth-order valence-electron chi connectivity index (χ4n) is 2.29. The lowest BCUT2D eigenvalue weighted by Gasteiger charge is -2.24. The molecule has 0 spiro atoms. The molecule has 1 aromatic rings. The third kappa shape index (κ3) is 2.26. The Bertz CT molecular complexity index is 448. The highest BCUT2D eigenvalue weighted by Gasteiger charge is 2.27. The van der Waals surface area contributed by atoms with E-state index in [1.54, 1.807) is 4.68 Å². The average Bonchev–Trinajstić information content (AvgIpc) is 2.49. The molecule has 2 N–H and O–H groups in total. The van der Waals surface area contributed by atoms with Gasteiger partial charge in [-0.1, -0.05) is 27.7 Å². The van der Waals surface area contributed by atoms with Crippen LogP contribution in [0.15, 0.2) is 4.79 Å². The molecule has 1 heterocycles. The standard InChI is InChI=1S/C13H25N3O/c1-7-9(3)16-12(17)10(14)11(13(4,5)6)15(16)8-2/h9H,7-8,14H2,1-6H3. The molecule has 0 saturated carbocycles. The number of hydrogen-bond donors (Lipinski definition) is 1. The Morgan fingerprint density at radius 1 is 1.29 bits per heavy atom. The molecule has 0 saturated heterocycles. The Balaban J connectivity index is 3.60. The predicted molar refractivity (Wildman–Crippen MR) is 72.5 cm³/mol. The summed E-state index contributed by atoms with van der Waals surface area (Å²) in [6, 6.07) is 0.181. The highest BCUT2D eigenvalue weighted by molar-refractivity contribution is 5.45. The fraction of sp³-hybridized carbons (Fsp3) is 0.769. The molecule has 0 aromatic carbocycles. The van der Waals surface area contributed by atoms with Crippen LogP contribution in [-0.2, 0) is 12.0 Å². The number of hydrogen-bond acceptors (Lipinski definition) is 2. The van der Waals surface area contributed by atoms with Gasteiger partial charge in [-0.05, 0) is 20.3 Å². The first-order chi connectivity index (χ1) is 7.75. The van der Waals surface area contributed by atoms with Crippen LogP contribution in [0.2, 0.25) is 0 Å². The number of nitrogens with two attached hydrogens (primary N) is 1. The number of nitrogens with zero attached hydrogens (tertiary/aromatic N) is 2. The van der Waals surface area contributed by atoms with Crippen molar-refractivity contribution in [1.82, 2.24) is 9.36 Å². The highest BCUT2D eigenvalue weighted by Crippen LogP contribution is 2.27. The minimum atomic E-state index is -0.113. The van der Waals surface area contributed by atoms with Crippen LogP contribution in [0.3, 0.4) is 0 Å². The molecule has 0 fully saturated rings. The number of aromatic nitrogens is 2. The number of nitrogen functional groups attached to an aromatic ring is 1. The molecule has 1 unspecified atom stereocenters. The van der Waals surface area contributed by atoms with Gasteiger partial charge in [0.1, 0.15) is 5.69 Å². The van der Waals surface area contributed by atoms with Crippen molar-refractivity contribution in [3.8, 4) is 0 Å². The zero-order valence-electron chi connectivity index (χ0n) is 11.9. The molecule has 0 aliphatic carbocycles. The van der Waals surface area contributed by atoms with Gasteiger partial charge in [-0.3, -0.25) is 9.48 Å². The molecule has 1 atom stereocenters. The van der Waals surface area contributed by atoms with Gasteiger partial charge >= 0.3 is 0 Å². The second kappa shape index (κ2) is 4.59. The lowest BCUT2D eigenvalue weighted by molar-refractivity contribution is 0.355. The molecule has 0 aliphatic rings. The van der Waals surface area contributed by atoms with E-state index >= 15 is 0 Å². The van der Waals surface area contributed by atoms with Crippen molar-refractivity contribution < 1.29 is 0 Å². The van der Waals surface area contributed by atoms with Crippen molar-refractivity contribution >= 4 is 5.69 Å². The Morgan fingerprint density at radius 2 is 1.82 bits per heavy atom. The fourth-order valence-corrected chi connectivity index (χ4v) is 2.29. The first kappa shape index (κ1) is 13.9. The van der Waals surface area contributed by atoms with E-state index in [4.69, 9.17) is 5.73 Å². The molecule has 1 rings (SSSR count). The monoisotopic (exact) mass is 239 g/mol. The largest absolute Gasteiger partial charge is 0.393 e. The maximum absolute atomic E-state index is 12.2. The van der Waals surface area contributed by atoms with Crippen LogP contribution in [0.1, 0.15) is 59.7 Å². The summed E-state index contributed by atoms with van der Waals surface area (Å²) in [5, 5.41) is 0. The van der Waals surface area contributed by atoms with Crippen molar-refractivity contribution in [3.05, 3.63) is 16.0 Å². The molecule has 4 nitrogen and oxygen atoms in total.